The Bertz CT molecular complexity index is 1250. The third-order valence-electron chi connectivity index (χ3n) is 4.20. The van der Waals surface area contributed by atoms with Crippen molar-refractivity contribution in [3.8, 4) is 11.8 Å². The third-order valence-corrected chi connectivity index (χ3v) is 5.31. The summed E-state index contributed by atoms with van der Waals surface area (Å²) < 4.78 is 6.11. The van der Waals surface area contributed by atoms with Gasteiger partial charge in [0.25, 0.3) is 11.8 Å². The topological polar surface area (TPSA) is 91.2 Å². The van der Waals surface area contributed by atoms with E-state index in [4.69, 9.17) is 27.9 Å². The zero-order valence-corrected chi connectivity index (χ0v) is 20.0. The van der Waals surface area contributed by atoms with E-state index in [0.29, 0.717) is 37.2 Å². The molecule has 0 unspecified atom stereocenters. The Morgan fingerprint density at radius 2 is 1.73 bits per heavy atom. The van der Waals surface area contributed by atoms with Gasteiger partial charge in [-0.15, -0.1) is 0 Å². The van der Waals surface area contributed by atoms with Gasteiger partial charge in [-0.25, -0.2) is 0 Å². The number of halogens is 3. The van der Waals surface area contributed by atoms with E-state index >= 15 is 0 Å². The van der Waals surface area contributed by atoms with Gasteiger partial charge in [-0.2, -0.15) is 5.26 Å². The van der Waals surface area contributed by atoms with E-state index in [1.54, 1.807) is 66.7 Å². The van der Waals surface area contributed by atoms with Crippen LogP contribution in [0.1, 0.15) is 5.56 Å². The zero-order chi connectivity index (χ0) is 23.8. The van der Waals surface area contributed by atoms with Crippen molar-refractivity contribution in [2.24, 2.45) is 0 Å². The van der Waals surface area contributed by atoms with Gasteiger partial charge in [-0.3, -0.25) is 9.59 Å². The van der Waals surface area contributed by atoms with Crippen molar-refractivity contribution in [1.82, 2.24) is 0 Å². The minimum Gasteiger partial charge on any atom is -0.483 e. The quantitative estimate of drug-likeness (QED) is 0.269. The molecule has 2 amide bonds. The molecule has 166 valence electrons. The first-order chi connectivity index (χ1) is 15.8. The molecular weight excluding hydrogens is 529 g/mol. The van der Waals surface area contributed by atoms with Crippen molar-refractivity contribution in [3.63, 3.8) is 0 Å². The number of nitrogens with one attached hydrogen (secondary N) is 2. The average molecular weight is 545 g/mol. The van der Waals surface area contributed by atoms with Crippen LogP contribution in [0, 0.1) is 11.3 Å². The molecule has 0 fully saturated rings. The standard InChI is InChI=1S/C24H16BrCl2N3O3/c25-21-11-15(10-16(13-28)24(32)30-20-3-1-2-18(27)12-20)4-9-22(21)33-14-23(31)29-19-7-5-17(26)6-8-19/h1-12H,14H2,(H,29,31)(H,30,32)/b16-10+. The second-order valence-electron chi connectivity index (χ2n) is 6.67. The van der Waals surface area contributed by atoms with Gasteiger partial charge in [0.1, 0.15) is 17.4 Å². The Kier molecular flexibility index (Phi) is 8.50. The highest BCUT2D eigenvalue weighted by Crippen LogP contribution is 2.27. The van der Waals surface area contributed by atoms with Gasteiger partial charge in [0.15, 0.2) is 6.61 Å². The van der Waals surface area contributed by atoms with Crippen molar-refractivity contribution in [2.45, 2.75) is 0 Å². The Labute approximate surface area is 208 Å². The van der Waals surface area contributed by atoms with E-state index in [1.807, 2.05) is 6.07 Å². The Morgan fingerprint density at radius 3 is 2.39 bits per heavy atom. The lowest BCUT2D eigenvalue weighted by atomic mass is 10.1. The van der Waals surface area contributed by atoms with Crippen molar-refractivity contribution >= 4 is 68.4 Å². The summed E-state index contributed by atoms with van der Waals surface area (Å²) in [6.45, 7) is -0.206. The van der Waals surface area contributed by atoms with Gasteiger partial charge in [0.05, 0.1) is 4.47 Å². The first kappa shape index (κ1) is 24.3. The van der Waals surface area contributed by atoms with Crippen LogP contribution < -0.4 is 15.4 Å². The molecule has 6 nitrogen and oxygen atoms in total. The van der Waals surface area contributed by atoms with Gasteiger partial charge < -0.3 is 15.4 Å². The number of nitrogens with zero attached hydrogens (tertiary/aromatic N) is 1. The molecule has 2 N–H and O–H groups in total. The summed E-state index contributed by atoms with van der Waals surface area (Å²) in [7, 11) is 0. The highest BCUT2D eigenvalue weighted by molar-refractivity contribution is 9.10. The van der Waals surface area contributed by atoms with Crippen LogP contribution in [-0.4, -0.2) is 18.4 Å². The lowest BCUT2D eigenvalue weighted by molar-refractivity contribution is -0.118. The van der Waals surface area contributed by atoms with Crippen molar-refractivity contribution in [3.05, 3.63) is 92.4 Å². The van der Waals surface area contributed by atoms with Crippen LogP contribution in [0.2, 0.25) is 10.0 Å². The summed E-state index contributed by atoms with van der Waals surface area (Å²) in [5.74, 6) is -0.465. The summed E-state index contributed by atoms with van der Waals surface area (Å²) in [5.41, 5.74) is 1.60. The molecule has 0 spiro atoms. The van der Waals surface area contributed by atoms with Crippen LogP contribution in [0.4, 0.5) is 11.4 Å². The van der Waals surface area contributed by atoms with Crippen LogP contribution in [0.15, 0.2) is 76.8 Å². The fourth-order valence-electron chi connectivity index (χ4n) is 2.68. The summed E-state index contributed by atoms with van der Waals surface area (Å²) in [6, 6.07) is 20.2. The number of hydrogen-bond donors (Lipinski definition) is 2. The van der Waals surface area contributed by atoms with Gasteiger partial charge in [-0.05, 0) is 82.2 Å². The van der Waals surface area contributed by atoms with Gasteiger partial charge in [0, 0.05) is 21.4 Å². The van der Waals surface area contributed by atoms with Gasteiger partial charge >= 0.3 is 0 Å². The number of hydrogen-bond acceptors (Lipinski definition) is 4. The van der Waals surface area contributed by atoms with Crippen molar-refractivity contribution < 1.29 is 14.3 Å². The first-order valence-electron chi connectivity index (χ1n) is 9.50. The van der Waals surface area contributed by atoms with Crippen LogP contribution in [0.5, 0.6) is 5.75 Å². The van der Waals surface area contributed by atoms with Gasteiger partial charge in [0.2, 0.25) is 0 Å². The Balaban J connectivity index is 1.63. The smallest absolute Gasteiger partial charge is 0.266 e. The van der Waals surface area contributed by atoms with E-state index in [1.165, 1.54) is 6.08 Å². The second-order valence-corrected chi connectivity index (χ2v) is 8.40. The minimum atomic E-state index is -0.560. The maximum atomic E-state index is 12.4. The number of carbonyl (C=O) groups is 2. The zero-order valence-electron chi connectivity index (χ0n) is 16.9. The number of benzene rings is 3. The molecule has 0 aromatic heterocycles. The number of ether oxygens (including phenoxy) is 1. The van der Waals surface area contributed by atoms with Crippen molar-refractivity contribution in [2.75, 3.05) is 17.2 Å². The molecule has 0 atom stereocenters. The van der Waals surface area contributed by atoms with Crippen molar-refractivity contribution in [1.29, 1.82) is 5.26 Å². The third kappa shape index (κ3) is 7.36. The predicted octanol–water partition coefficient (Wildman–Crippen LogP) is 6.32. The number of anilines is 2. The molecule has 0 saturated heterocycles. The maximum absolute atomic E-state index is 12.4. The molecule has 0 aliphatic heterocycles. The van der Waals surface area contributed by atoms with E-state index in [-0.39, 0.29) is 18.1 Å². The number of amides is 2. The van der Waals surface area contributed by atoms with Crippen LogP contribution in [-0.2, 0) is 9.59 Å². The molecule has 33 heavy (non-hydrogen) atoms. The summed E-state index contributed by atoms with van der Waals surface area (Å²) in [4.78, 5) is 24.5. The monoisotopic (exact) mass is 543 g/mol. The highest BCUT2D eigenvalue weighted by atomic mass is 79.9. The molecule has 0 bridgehead atoms. The normalized spacial score (nSPS) is 10.8. The molecule has 3 rings (SSSR count). The molecule has 3 aromatic carbocycles. The van der Waals surface area contributed by atoms with E-state index < -0.39 is 5.91 Å². The van der Waals surface area contributed by atoms with E-state index in [9.17, 15) is 14.9 Å². The fourth-order valence-corrected chi connectivity index (χ4v) is 3.50. The fraction of sp³-hybridized carbons (Fsp3) is 0.0417. The molecule has 0 aliphatic carbocycles. The van der Waals surface area contributed by atoms with Crippen LogP contribution in [0.3, 0.4) is 0 Å². The lowest BCUT2D eigenvalue weighted by Crippen LogP contribution is -2.20. The SMILES string of the molecule is N#C/C(=C\c1ccc(OCC(=O)Nc2ccc(Cl)cc2)c(Br)c1)C(=O)Nc1cccc(Cl)c1. The largest absolute Gasteiger partial charge is 0.483 e. The first-order valence-corrected chi connectivity index (χ1v) is 11.1. The number of carbonyl (C=O) groups excluding carboxylic acids is 2. The summed E-state index contributed by atoms with van der Waals surface area (Å²) in [5, 5.41) is 15.8. The molecular formula is C24H16BrCl2N3O3. The summed E-state index contributed by atoms with van der Waals surface area (Å²) in [6.07, 6.45) is 1.45. The maximum Gasteiger partial charge on any atom is 0.266 e. The molecule has 0 radical (unpaired) electrons. The van der Waals surface area contributed by atoms with Gasteiger partial charge in [-0.1, -0.05) is 35.3 Å². The molecule has 0 saturated carbocycles. The summed E-state index contributed by atoms with van der Waals surface area (Å²) >= 11 is 15.1. The Morgan fingerprint density at radius 1 is 0.970 bits per heavy atom. The van der Waals surface area contributed by atoms with E-state index in [0.717, 1.165) is 0 Å². The molecule has 0 aliphatic rings. The minimum absolute atomic E-state index is 0.0853. The lowest BCUT2D eigenvalue weighted by Gasteiger charge is -2.10. The average Bonchev–Trinajstić information content (AvgIpc) is 2.78. The molecule has 3 aromatic rings. The predicted molar refractivity (Wildman–Crippen MR) is 133 cm³/mol. The number of nitriles is 1. The molecule has 9 heteroatoms. The molecule has 0 heterocycles. The van der Waals surface area contributed by atoms with Crippen LogP contribution in [0.25, 0.3) is 6.08 Å². The Hall–Kier alpha value is -3.31. The highest BCUT2D eigenvalue weighted by Gasteiger charge is 2.11. The van der Waals surface area contributed by atoms with E-state index in [2.05, 4.69) is 26.6 Å². The van der Waals surface area contributed by atoms with Crippen LogP contribution >= 0.6 is 39.1 Å². The number of rotatable bonds is 7. The second kappa shape index (κ2) is 11.5.